The Morgan fingerprint density at radius 3 is 2.75 bits per heavy atom. The third kappa shape index (κ3) is 3.70. The molecule has 0 saturated carbocycles. The van der Waals surface area contributed by atoms with E-state index in [0.29, 0.717) is 31.2 Å². The highest BCUT2D eigenvalue weighted by Crippen LogP contribution is 2.18. The number of rotatable bonds is 2. The Bertz CT molecular complexity index is 465. The molecular formula is C15H22N2O3. The van der Waals surface area contributed by atoms with Gasteiger partial charge in [-0.05, 0) is 39.8 Å². The van der Waals surface area contributed by atoms with Gasteiger partial charge < -0.3 is 14.4 Å². The monoisotopic (exact) mass is 278 g/mol. The van der Waals surface area contributed by atoms with Gasteiger partial charge >= 0.3 is 0 Å². The molecule has 1 fully saturated rings. The van der Waals surface area contributed by atoms with Gasteiger partial charge in [-0.15, -0.1) is 0 Å². The molecule has 1 aromatic heterocycles. The minimum absolute atomic E-state index is 0.0527. The van der Waals surface area contributed by atoms with Gasteiger partial charge in [0.1, 0.15) is 17.0 Å². The maximum atomic E-state index is 12.4. The van der Waals surface area contributed by atoms with E-state index < -0.39 is 0 Å². The van der Waals surface area contributed by atoms with Gasteiger partial charge in [0.2, 0.25) is 0 Å². The lowest BCUT2D eigenvalue weighted by Crippen LogP contribution is -2.47. The quantitative estimate of drug-likeness (QED) is 0.831. The van der Waals surface area contributed by atoms with Crippen LogP contribution in [0.5, 0.6) is 5.75 Å². The SMILES string of the molecule is C[C@@H]1COCCN1C(=O)c1ccc(OC(C)(C)C)cn1. The van der Waals surface area contributed by atoms with Crippen LogP contribution in [0.25, 0.3) is 0 Å². The van der Waals surface area contributed by atoms with Crippen LogP contribution in [0.3, 0.4) is 0 Å². The average Bonchev–Trinajstić information content (AvgIpc) is 2.37. The zero-order valence-electron chi connectivity index (χ0n) is 12.5. The summed E-state index contributed by atoms with van der Waals surface area (Å²) in [7, 11) is 0. The van der Waals surface area contributed by atoms with Crippen molar-refractivity contribution in [1.82, 2.24) is 9.88 Å². The first-order valence-corrected chi connectivity index (χ1v) is 6.90. The second kappa shape index (κ2) is 5.79. The Balaban J connectivity index is 2.07. The van der Waals surface area contributed by atoms with E-state index in [1.807, 2.05) is 27.7 Å². The minimum Gasteiger partial charge on any atom is -0.487 e. The molecule has 0 aliphatic carbocycles. The Hall–Kier alpha value is -1.62. The van der Waals surface area contributed by atoms with Crippen molar-refractivity contribution >= 4 is 5.91 Å². The highest BCUT2D eigenvalue weighted by atomic mass is 16.5. The Morgan fingerprint density at radius 2 is 2.20 bits per heavy atom. The maximum absolute atomic E-state index is 12.4. The van der Waals surface area contributed by atoms with Crippen molar-refractivity contribution in [3.05, 3.63) is 24.0 Å². The standard InChI is InChI=1S/C15H22N2O3/c1-11-10-19-8-7-17(11)14(18)13-6-5-12(9-16-13)20-15(2,3)4/h5-6,9,11H,7-8,10H2,1-4H3/t11-/m1/s1. The molecule has 1 aromatic rings. The van der Waals surface area contributed by atoms with Crippen molar-refractivity contribution in [3.8, 4) is 5.75 Å². The van der Waals surface area contributed by atoms with Crippen molar-refractivity contribution in [2.75, 3.05) is 19.8 Å². The van der Waals surface area contributed by atoms with Crippen molar-refractivity contribution in [1.29, 1.82) is 0 Å². The van der Waals surface area contributed by atoms with Gasteiger partial charge in [-0.25, -0.2) is 4.98 Å². The number of nitrogens with zero attached hydrogens (tertiary/aromatic N) is 2. The summed E-state index contributed by atoms with van der Waals surface area (Å²) < 4.78 is 11.0. The third-order valence-electron chi connectivity index (χ3n) is 3.01. The van der Waals surface area contributed by atoms with E-state index in [1.165, 1.54) is 0 Å². The van der Waals surface area contributed by atoms with Crippen LogP contribution in [0.15, 0.2) is 18.3 Å². The minimum atomic E-state index is -0.272. The Morgan fingerprint density at radius 1 is 1.45 bits per heavy atom. The molecule has 0 bridgehead atoms. The van der Waals surface area contributed by atoms with E-state index in [9.17, 15) is 4.79 Å². The number of pyridine rings is 1. The first kappa shape index (κ1) is 14.8. The van der Waals surface area contributed by atoms with Crippen LogP contribution < -0.4 is 4.74 Å². The van der Waals surface area contributed by atoms with Crippen LogP contribution in [0.2, 0.25) is 0 Å². The summed E-state index contributed by atoms with van der Waals surface area (Å²) in [5.74, 6) is 0.618. The molecular weight excluding hydrogens is 256 g/mol. The normalized spacial score (nSPS) is 19.8. The van der Waals surface area contributed by atoms with Crippen LogP contribution in [0.4, 0.5) is 0 Å². The molecule has 1 atom stereocenters. The molecule has 0 spiro atoms. The van der Waals surface area contributed by atoms with Crippen molar-refractivity contribution in [3.63, 3.8) is 0 Å². The van der Waals surface area contributed by atoms with Gasteiger partial charge in [0.25, 0.3) is 5.91 Å². The Labute approximate surface area is 119 Å². The molecule has 0 aromatic carbocycles. The number of ether oxygens (including phenoxy) is 2. The predicted octanol–water partition coefficient (Wildman–Crippen LogP) is 2.12. The highest BCUT2D eigenvalue weighted by molar-refractivity contribution is 5.92. The zero-order valence-corrected chi connectivity index (χ0v) is 12.5. The first-order chi connectivity index (χ1) is 9.37. The molecule has 1 aliphatic rings. The van der Waals surface area contributed by atoms with Gasteiger partial charge in [-0.2, -0.15) is 0 Å². The fourth-order valence-corrected chi connectivity index (χ4v) is 2.10. The number of hydrogen-bond acceptors (Lipinski definition) is 4. The summed E-state index contributed by atoms with van der Waals surface area (Å²) in [4.78, 5) is 18.4. The summed E-state index contributed by atoms with van der Waals surface area (Å²) >= 11 is 0. The van der Waals surface area contributed by atoms with Gasteiger partial charge in [-0.1, -0.05) is 0 Å². The molecule has 0 unspecified atom stereocenters. The van der Waals surface area contributed by atoms with E-state index in [2.05, 4.69) is 4.98 Å². The van der Waals surface area contributed by atoms with Gasteiger partial charge in [0, 0.05) is 6.54 Å². The largest absolute Gasteiger partial charge is 0.487 e. The smallest absolute Gasteiger partial charge is 0.272 e. The maximum Gasteiger partial charge on any atom is 0.272 e. The van der Waals surface area contributed by atoms with E-state index in [4.69, 9.17) is 9.47 Å². The number of aromatic nitrogens is 1. The van der Waals surface area contributed by atoms with E-state index in [1.54, 1.807) is 23.2 Å². The summed E-state index contributed by atoms with van der Waals surface area (Å²) in [6.07, 6.45) is 1.60. The molecule has 0 radical (unpaired) electrons. The Kier molecular flexibility index (Phi) is 4.28. The first-order valence-electron chi connectivity index (χ1n) is 6.90. The van der Waals surface area contributed by atoms with Crippen LogP contribution in [-0.2, 0) is 4.74 Å². The fraction of sp³-hybridized carbons (Fsp3) is 0.600. The molecule has 5 heteroatoms. The van der Waals surface area contributed by atoms with Crippen molar-refractivity contribution < 1.29 is 14.3 Å². The second-order valence-electron chi connectivity index (χ2n) is 6.02. The average molecular weight is 278 g/mol. The van der Waals surface area contributed by atoms with E-state index >= 15 is 0 Å². The molecule has 110 valence electrons. The van der Waals surface area contributed by atoms with Gasteiger partial charge in [-0.3, -0.25) is 4.79 Å². The van der Waals surface area contributed by atoms with Crippen LogP contribution >= 0.6 is 0 Å². The van der Waals surface area contributed by atoms with Crippen LogP contribution in [-0.4, -0.2) is 47.2 Å². The molecule has 20 heavy (non-hydrogen) atoms. The number of hydrogen-bond donors (Lipinski definition) is 0. The fourth-order valence-electron chi connectivity index (χ4n) is 2.10. The molecule has 1 aliphatic heterocycles. The van der Waals surface area contributed by atoms with Crippen LogP contribution in [0, 0.1) is 0 Å². The van der Waals surface area contributed by atoms with Gasteiger partial charge in [0.15, 0.2) is 0 Å². The summed E-state index contributed by atoms with van der Waals surface area (Å²) in [5.41, 5.74) is 0.173. The summed E-state index contributed by atoms with van der Waals surface area (Å²) in [6.45, 7) is 9.68. The number of morpholine rings is 1. The van der Waals surface area contributed by atoms with Crippen molar-refractivity contribution in [2.45, 2.75) is 39.3 Å². The van der Waals surface area contributed by atoms with Crippen molar-refractivity contribution in [2.24, 2.45) is 0 Å². The number of carbonyl (C=O) groups excluding carboxylic acids is 1. The van der Waals surface area contributed by atoms with Gasteiger partial charge in [0.05, 0.1) is 25.5 Å². The molecule has 0 N–H and O–H groups in total. The summed E-state index contributed by atoms with van der Waals surface area (Å²) in [5, 5.41) is 0. The van der Waals surface area contributed by atoms with Crippen LogP contribution in [0.1, 0.15) is 38.2 Å². The second-order valence-corrected chi connectivity index (χ2v) is 6.02. The molecule has 1 amide bonds. The number of carbonyl (C=O) groups is 1. The number of amides is 1. The molecule has 1 saturated heterocycles. The molecule has 2 heterocycles. The molecule has 2 rings (SSSR count). The predicted molar refractivity (Wildman–Crippen MR) is 75.9 cm³/mol. The lowest BCUT2D eigenvalue weighted by atomic mass is 10.2. The zero-order chi connectivity index (χ0) is 14.8. The summed E-state index contributed by atoms with van der Waals surface area (Å²) in [6, 6.07) is 3.59. The lowest BCUT2D eigenvalue weighted by molar-refractivity contribution is 0.00326. The molecule has 5 nitrogen and oxygen atoms in total. The third-order valence-corrected chi connectivity index (χ3v) is 3.01. The topological polar surface area (TPSA) is 51.7 Å². The van der Waals surface area contributed by atoms with E-state index in [-0.39, 0.29) is 17.6 Å². The lowest BCUT2D eigenvalue weighted by Gasteiger charge is -2.33. The highest BCUT2D eigenvalue weighted by Gasteiger charge is 2.25. The van der Waals surface area contributed by atoms with E-state index in [0.717, 1.165) is 0 Å².